The van der Waals surface area contributed by atoms with Crippen LogP contribution in [0.1, 0.15) is 60.0 Å². The highest BCUT2D eigenvalue weighted by Crippen LogP contribution is 2.30. The summed E-state index contributed by atoms with van der Waals surface area (Å²) in [4.78, 5) is 38.3. The van der Waals surface area contributed by atoms with Gasteiger partial charge >= 0.3 is 0 Å². The molecule has 3 aliphatic rings. The Hall–Kier alpha value is -3.52. The van der Waals surface area contributed by atoms with E-state index in [2.05, 4.69) is 50.7 Å². The first-order valence-electron chi connectivity index (χ1n) is 13.0. The molecule has 3 heterocycles. The van der Waals surface area contributed by atoms with Gasteiger partial charge in [0.1, 0.15) is 6.04 Å². The number of carbonyl (C=O) groups is 3. The first-order valence-corrected chi connectivity index (χ1v) is 13.0. The summed E-state index contributed by atoms with van der Waals surface area (Å²) in [6.45, 7) is 2.11. The van der Waals surface area contributed by atoms with Crippen molar-refractivity contribution in [3.63, 3.8) is 0 Å². The molecular weight excluding hydrogens is 454 g/mol. The lowest BCUT2D eigenvalue weighted by atomic mass is 9.85. The summed E-state index contributed by atoms with van der Waals surface area (Å²) in [5.41, 5.74) is 3.96. The molecule has 0 radical (unpaired) electrons. The van der Waals surface area contributed by atoms with Crippen molar-refractivity contribution in [3.05, 3.63) is 65.4 Å². The van der Waals surface area contributed by atoms with Crippen LogP contribution in [0, 0.1) is 5.92 Å². The lowest BCUT2D eigenvalue weighted by Gasteiger charge is -2.30. The van der Waals surface area contributed by atoms with Crippen LogP contribution in [0.15, 0.2) is 48.7 Å². The van der Waals surface area contributed by atoms with Crippen molar-refractivity contribution in [3.8, 4) is 0 Å². The zero-order valence-corrected chi connectivity index (χ0v) is 20.3. The lowest BCUT2D eigenvalue weighted by molar-refractivity contribution is -0.136. The predicted octanol–water partition coefficient (Wildman–Crippen LogP) is 3.15. The molecule has 3 amide bonds. The summed E-state index contributed by atoms with van der Waals surface area (Å²) in [5.74, 6) is -0.166. The Labute approximate surface area is 210 Å². The molecule has 186 valence electrons. The summed E-state index contributed by atoms with van der Waals surface area (Å²) < 4.78 is 2.15. The summed E-state index contributed by atoms with van der Waals surface area (Å²) in [5, 5.41) is 11.9. The van der Waals surface area contributed by atoms with Crippen molar-refractivity contribution in [2.75, 3.05) is 0 Å². The Bertz CT molecular complexity index is 1330. The van der Waals surface area contributed by atoms with E-state index in [1.165, 1.54) is 30.2 Å². The van der Waals surface area contributed by atoms with Crippen LogP contribution in [0.25, 0.3) is 10.9 Å². The molecule has 1 saturated carbocycles. The fourth-order valence-corrected chi connectivity index (χ4v) is 6.06. The molecule has 2 fully saturated rings. The molecule has 2 aliphatic heterocycles. The van der Waals surface area contributed by atoms with Crippen LogP contribution < -0.4 is 10.6 Å². The number of amides is 3. The summed E-state index contributed by atoms with van der Waals surface area (Å²) >= 11 is 0. The fraction of sp³-hybridized carbons (Fsp3) is 0.429. The van der Waals surface area contributed by atoms with E-state index in [1.54, 1.807) is 4.90 Å². The van der Waals surface area contributed by atoms with Crippen LogP contribution >= 0.6 is 0 Å². The first kappa shape index (κ1) is 22.9. The minimum Gasteiger partial charge on any atom is -0.322 e. The average Bonchev–Trinajstić information content (AvgIpc) is 3.44. The van der Waals surface area contributed by atoms with Gasteiger partial charge in [-0.2, -0.15) is 5.10 Å². The van der Waals surface area contributed by atoms with E-state index in [9.17, 15) is 14.4 Å². The molecule has 36 heavy (non-hydrogen) atoms. The SMILES string of the molecule is O=C1CCC(N2Cc3cc(CNC4CCCC(Cn5ncc6ccccc65)C4)ccc3C2=O)C(=O)N1. The van der Waals surface area contributed by atoms with E-state index >= 15 is 0 Å². The van der Waals surface area contributed by atoms with Gasteiger partial charge in [0, 0.05) is 43.0 Å². The van der Waals surface area contributed by atoms with E-state index in [-0.39, 0.29) is 24.1 Å². The predicted molar refractivity (Wildman–Crippen MR) is 135 cm³/mol. The Morgan fingerprint density at radius 2 is 1.94 bits per heavy atom. The molecule has 8 heteroatoms. The number of fused-ring (bicyclic) bond motifs is 2. The van der Waals surface area contributed by atoms with Crippen LogP contribution in [0.3, 0.4) is 0 Å². The maximum absolute atomic E-state index is 12.9. The number of para-hydroxylation sites is 1. The molecule has 3 atom stereocenters. The van der Waals surface area contributed by atoms with Crippen LogP contribution in [0.4, 0.5) is 0 Å². The highest BCUT2D eigenvalue weighted by atomic mass is 16.2. The van der Waals surface area contributed by atoms with Gasteiger partial charge in [-0.05, 0) is 54.9 Å². The van der Waals surface area contributed by atoms with Crippen LogP contribution in [-0.2, 0) is 29.2 Å². The third kappa shape index (κ3) is 4.41. The molecule has 1 aliphatic carbocycles. The molecule has 2 N–H and O–H groups in total. The minimum atomic E-state index is -0.574. The maximum Gasteiger partial charge on any atom is 0.255 e. The van der Waals surface area contributed by atoms with Gasteiger partial charge in [-0.3, -0.25) is 24.4 Å². The first-order chi connectivity index (χ1) is 17.5. The van der Waals surface area contributed by atoms with Crippen molar-refractivity contribution < 1.29 is 14.4 Å². The van der Waals surface area contributed by atoms with Crippen molar-refractivity contribution in [2.24, 2.45) is 5.92 Å². The van der Waals surface area contributed by atoms with Gasteiger partial charge in [0.25, 0.3) is 5.91 Å². The van der Waals surface area contributed by atoms with Gasteiger partial charge < -0.3 is 10.2 Å². The van der Waals surface area contributed by atoms with Gasteiger partial charge in [-0.15, -0.1) is 0 Å². The average molecular weight is 486 g/mol. The minimum absolute atomic E-state index is 0.125. The Morgan fingerprint density at radius 3 is 2.83 bits per heavy atom. The van der Waals surface area contributed by atoms with Crippen LogP contribution in [0.5, 0.6) is 0 Å². The van der Waals surface area contributed by atoms with E-state index in [1.807, 2.05) is 18.3 Å². The second kappa shape index (κ2) is 9.50. The van der Waals surface area contributed by atoms with Crippen molar-refractivity contribution in [1.29, 1.82) is 0 Å². The van der Waals surface area contributed by atoms with Gasteiger partial charge in [0.15, 0.2) is 0 Å². The largest absolute Gasteiger partial charge is 0.322 e. The number of piperidine rings is 1. The Balaban J connectivity index is 1.06. The smallest absolute Gasteiger partial charge is 0.255 e. The van der Waals surface area contributed by atoms with E-state index in [4.69, 9.17) is 0 Å². The number of carbonyl (C=O) groups excluding carboxylic acids is 3. The zero-order chi connectivity index (χ0) is 24.6. The van der Waals surface area contributed by atoms with E-state index in [0.29, 0.717) is 30.5 Å². The number of nitrogens with zero attached hydrogens (tertiary/aromatic N) is 3. The number of nitrogens with one attached hydrogen (secondary N) is 2. The highest BCUT2D eigenvalue weighted by molar-refractivity contribution is 6.05. The second-order valence-corrected chi connectivity index (χ2v) is 10.4. The maximum atomic E-state index is 12.9. The van der Waals surface area contributed by atoms with Gasteiger partial charge in [0.2, 0.25) is 11.8 Å². The molecule has 0 spiro atoms. The topological polar surface area (TPSA) is 96.3 Å². The third-order valence-electron chi connectivity index (χ3n) is 7.95. The zero-order valence-electron chi connectivity index (χ0n) is 20.3. The molecule has 3 aromatic rings. The lowest BCUT2D eigenvalue weighted by Crippen LogP contribution is -2.52. The number of hydrogen-bond acceptors (Lipinski definition) is 5. The monoisotopic (exact) mass is 485 g/mol. The number of benzene rings is 2. The number of aromatic nitrogens is 2. The van der Waals surface area contributed by atoms with Crippen molar-refractivity contribution >= 4 is 28.6 Å². The number of imide groups is 1. The normalized spacial score (nSPS) is 24.3. The molecule has 1 aromatic heterocycles. The quantitative estimate of drug-likeness (QED) is 0.523. The van der Waals surface area contributed by atoms with Crippen molar-refractivity contribution in [2.45, 2.75) is 70.2 Å². The molecular formula is C28H31N5O3. The van der Waals surface area contributed by atoms with Gasteiger partial charge in [-0.1, -0.05) is 36.8 Å². The Morgan fingerprint density at radius 1 is 1.06 bits per heavy atom. The van der Waals surface area contributed by atoms with Crippen LogP contribution in [0.2, 0.25) is 0 Å². The Kier molecular flexibility index (Phi) is 6.05. The molecule has 3 unspecified atom stereocenters. The van der Waals surface area contributed by atoms with Gasteiger partial charge in [-0.25, -0.2) is 0 Å². The molecule has 6 rings (SSSR count). The second-order valence-electron chi connectivity index (χ2n) is 10.4. The van der Waals surface area contributed by atoms with E-state index in [0.717, 1.165) is 30.6 Å². The molecule has 2 aromatic carbocycles. The standard InChI is InChI=1S/C28H31N5O3/c34-26-11-10-25(27(35)31-26)32-17-21-12-18(8-9-23(21)28(32)36)14-29-22-6-3-4-19(13-22)16-33-24-7-2-1-5-20(24)15-30-33/h1-2,5,7-9,12,15,19,22,25,29H,3-4,6,10-11,13-14,16-17H2,(H,31,34,35). The third-order valence-corrected chi connectivity index (χ3v) is 7.95. The highest BCUT2D eigenvalue weighted by Gasteiger charge is 2.39. The number of hydrogen-bond donors (Lipinski definition) is 2. The number of rotatable bonds is 6. The molecule has 0 bridgehead atoms. The van der Waals surface area contributed by atoms with Crippen molar-refractivity contribution in [1.82, 2.24) is 25.3 Å². The summed E-state index contributed by atoms with van der Waals surface area (Å²) in [7, 11) is 0. The summed E-state index contributed by atoms with van der Waals surface area (Å²) in [6, 6.07) is 14.2. The molecule has 1 saturated heterocycles. The van der Waals surface area contributed by atoms with E-state index < -0.39 is 6.04 Å². The molecule has 8 nitrogen and oxygen atoms in total. The van der Waals surface area contributed by atoms with Crippen LogP contribution in [-0.4, -0.2) is 44.5 Å². The summed E-state index contributed by atoms with van der Waals surface area (Å²) in [6.07, 6.45) is 7.34. The fourth-order valence-electron chi connectivity index (χ4n) is 6.06. The van der Waals surface area contributed by atoms with Gasteiger partial charge in [0.05, 0.1) is 11.7 Å².